The van der Waals surface area contributed by atoms with Crippen molar-refractivity contribution >= 4 is 11.7 Å². The molecule has 0 amide bonds. The summed E-state index contributed by atoms with van der Waals surface area (Å²) in [6, 6.07) is 0.336. The first-order chi connectivity index (χ1) is 7.72. The zero-order chi connectivity index (χ0) is 11.5. The van der Waals surface area contributed by atoms with Crippen LogP contribution < -0.4 is 11.1 Å². The summed E-state index contributed by atoms with van der Waals surface area (Å²) in [6.07, 6.45) is 2.70. The van der Waals surface area contributed by atoms with Gasteiger partial charge in [-0.25, -0.2) is 0 Å². The molecule has 0 bridgehead atoms. The van der Waals surface area contributed by atoms with Crippen molar-refractivity contribution < 1.29 is 4.42 Å². The van der Waals surface area contributed by atoms with Crippen molar-refractivity contribution in [3.63, 3.8) is 0 Å². The standard InChI is InChI=1S/C9H14N6O/c1-3-6-7(5-15(2)14-6)11-9-13-12-8(4-10)16-9/h5H,3-4,10H2,1-2H3,(H,11,13). The van der Waals surface area contributed by atoms with Crippen molar-refractivity contribution in [1.29, 1.82) is 0 Å². The summed E-state index contributed by atoms with van der Waals surface area (Å²) in [6.45, 7) is 2.27. The molecule has 7 heteroatoms. The van der Waals surface area contributed by atoms with Crippen LogP contribution in [0, 0.1) is 0 Å². The molecule has 2 aromatic rings. The van der Waals surface area contributed by atoms with Crippen LogP contribution in [0.3, 0.4) is 0 Å². The summed E-state index contributed by atoms with van der Waals surface area (Å²) in [5, 5.41) is 14.9. The van der Waals surface area contributed by atoms with Gasteiger partial charge in [-0.05, 0) is 6.42 Å². The van der Waals surface area contributed by atoms with E-state index >= 15 is 0 Å². The van der Waals surface area contributed by atoms with Gasteiger partial charge in [-0.1, -0.05) is 12.0 Å². The molecule has 0 spiro atoms. The predicted octanol–water partition coefficient (Wildman–Crippen LogP) is 0.568. The third-order valence-corrected chi connectivity index (χ3v) is 2.12. The molecule has 0 unspecified atom stereocenters. The molecule has 3 N–H and O–H groups in total. The quantitative estimate of drug-likeness (QED) is 0.785. The maximum atomic E-state index is 5.38. The molecule has 16 heavy (non-hydrogen) atoms. The highest BCUT2D eigenvalue weighted by molar-refractivity contribution is 5.53. The average molecular weight is 222 g/mol. The normalized spacial score (nSPS) is 10.7. The number of nitrogens with zero attached hydrogens (tertiary/aromatic N) is 4. The molecule has 0 saturated carbocycles. The van der Waals surface area contributed by atoms with Gasteiger partial charge in [0.1, 0.15) is 0 Å². The van der Waals surface area contributed by atoms with Crippen LogP contribution in [0.5, 0.6) is 0 Å². The number of anilines is 2. The summed E-state index contributed by atoms with van der Waals surface area (Å²) in [4.78, 5) is 0. The molecule has 7 nitrogen and oxygen atoms in total. The van der Waals surface area contributed by atoms with Crippen LogP contribution >= 0.6 is 0 Å². The van der Waals surface area contributed by atoms with E-state index in [4.69, 9.17) is 10.2 Å². The van der Waals surface area contributed by atoms with Gasteiger partial charge in [0.2, 0.25) is 5.89 Å². The van der Waals surface area contributed by atoms with Crippen molar-refractivity contribution in [2.45, 2.75) is 19.9 Å². The molecule has 0 aliphatic carbocycles. The molecular weight excluding hydrogens is 208 g/mol. The second-order valence-electron chi connectivity index (χ2n) is 3.35. The van der Waals surface area contributed by atoms with Crippen LogP contribution in [-0.4, -0.2) is 20.0 Å². The minimum absolute atomic E-state index is 0.238. The summed E-state index contributed by atoms with van der Waals surface area (Å²) >= 11 is 0. The Bertz CT molecular complexity index is 474. The van der Waals surface area contributed by atoms with E-state index in [0.717, 1.165) is 17.8 Å². The van der Waals surface area contributed by atoms with Gasteiger partial charge in [-0.15, -0.1) is 5.10 Å². The lowest BCUT2D eigenvalue weighted by Crippen LogP contribution is -1.95. The van der Waals surface area contributed by atoms with E-state index in [1.807, 2.05) is 20.2 Å². The number of aryl methyl sites for hydroxylation is 2. The van der Waals surface area contributed by atoms with Gasteiger partial charge < -0.3 is 15.5 Å². The van der Waals surface area contributed by atoms with E-state index in [1.54, 1.807) is 4.68 Å². The Kier molecular flexibility index (Phi) is 2.86. The zero-order valence-corrected chi connectivity index (χ0v) is 9.27. The molecular formula is C9H14N6O. The van der Waals surface area contributed by atoms with E-state index in [-0.39, 0.29) is 6.54 Å². The fourth-order valence-electron chi connectivity index (χ4n) is 1.40. The van der Waals surface area contributed by atoms with Crippen molar-refractivity contribution in [2.24, 2.45) is 12.8 Å². The highest BCUT2D eigenvalue weighted by Crippen LogP contribution is 2.18. The first-order valence-electron chi connectivity index (χ1n) is 5.05. The van der Waals surface area contributed by atoms with E-state index in [1.165, 1.54) is 0 Å². The first-order valence-corrected chi connectivity index (χ1v) is 5.05. The maximum Gasteiger partial charge on any atom is 0.320 e. The third-order valence-electron chi connectivity index (χ3n) is 2.12. The molecule has 0 aliphatic rings. The van der Waals surface area contributed by atoms with Gasteiger partial charge in [0, 0.05) is 13.2 Å². The lowest BCUT2D eigenvalue weighted by Gasteiger charge is -1.98. The largest absolute Gasteiger partial charge is 0.406 e. The molecule has 0 radical (unpaired) electrons. The number of hydrogen-bond donors (Lipinski definition) is 2. The number of rotatable bonds is 4. The van der Waals surface area contributed by atoms with Gasteiger partial charge in [0.25, 0.3) is 0 Å². The van der Waals surface area contributed by atoms with Crippen molar-refractivity contribution in [2.75, 3.05) is 5.32 Å². The molecule has 2 rings (SSSR count). The smallest absolute Gasteiger partial charge is 0.320 e. The summed E-state index contributed by atoms with van der Waals surface area (Å²) in [5.41, 5.74) is 7.20. The fraction of sp³-hybridized carbons (Fsp3) is 0.444. The second-order valence-corrected chi connectivity index (χ2v) is 3.35. The number of hydrogen-bond acceptors (Lipinski definition) is 6. The van der Waals surface area contributed by atoms with Crippen LogP contribution in [0.4, 0.5) is 11.7 Å². The fourth-order valence-corrected chi connectivity index (χ4v) is 1.40. The number of aromatic nitrogens is 4. The Morgan fingerprint density at radius 1 is 1.50 bits per heavy atom. The van der Waals surface area contributed by atoms with Crippen LogP contribution in [0.25, 0.3) is 0 Å². The van der Waals surface area contributed by atoms with Crippen LogP contribution in [0.15, 0.2) is 10.6 Å². The summed E-state index contributed by atoms with van der Waals surface area (Å²) < 4.78 is 6.99. The van der Waals surface area contributed by atoms with Gasteiger partial charge in [-0.2, -0.15) is 5.10 Å². The van der Waals surface area contributed by atoms with Crippen molar-refractivity contribution in [3.8, 4) is 0 Å². The van der Waals surface area contributed by atoms with E-state index in [9.17, 15) is 0 Å². The molecule has 2 heterocycles. The van der Waals surface area contributed by atoms with E-state index in [2.05, 4.69) is 20.6 Å². The van der Waals surface area contributed by atoms with Gasteiger partial charge in [-0.3, -0.25) is 4.68 Å². The SMILES string of the molecule is CCc1nn(C)cc1Nc1nnc(CN)o1. The monoisotopic (exact) mass is 222 g/mol. The molecule has 86 valence electrons. The minimum Gasteiger partial charge on any atom is -0.406 e. The van der Waals surface area contributed by atoms with Gasteiger partial charge >= 0.3 is 6.01 Å². The number of nitrogens with two attached hydrogens (primary N) is 1. The Morgan fingerprint density at radius 2 is 2.31 bits per heavy atom. The zero-order valence-electron chi connectivity index (χ0n) is 9.27. The highest BCUT2D eigenvalue weighted by atomic mass is 16.4. The molecule has 0 fully saturated rings. The summed E-state index contributed by atoms with van der Waals surface area (Å²) in [7, 11) is 1.86. The minimum atomic E-state index is 0.238. The Hall–Kier alpha value is -1.89. The Labute approximate surface area is 92.6 Å². The average Bonchev–Trinajstić information content (AvgIpc) is 2.85. The van der Waals surface area contributed by atoms with Gasteiger partial charge in [0.05, 0.1) is 17.9 Å². The molecule has 0 aromatic carbocycles. The highest BCUT2D eigenvalue weighted by Gasteiger charge is 2.09. The number of nitrogens with one attached hydrogen (secondary N) is 1. The van der Waals surface area contributed by atoms with Crippen LogP contribution in [0.2, 0.25) is 0 Å². The molecule has 0 atom stereocenters. The lowest BCUT2D eigenvalue weighted by atomic mass is 10.3. The Morgan fingerprint density at radius 3 is 2.94 bits per heavy atom. The van der Waals surface area contributed by atoms with Crippen molar-refractivity contribution in [1.82, 2.24) is 20.0 Å². The van der Waals surface area contributed by atoms with Crippen LogP contribution in [-0.2, 0) is 20.0 Å². The third kappa shape index (κ3) is 2.03. The van der Waals surface area contributed by atoms with Crippen molar-refractivity contribution in [3.05, 3.63) is 17.8 Å². The molecule has 0 aliphatic heterocycles. The van der Waals surface area contributed by atoms with Crippen LogP contribution in [0.1, 0.15) is 18.5 Å². The van der Waals surface area contributed by atoms with E-state index in [0.29, 0.717) is 11.9 Å². The lowest BCUT2D eigenvalue weighted by molar-refractivity contribution is 0.511. The second kappa shape index (κ2) is 4.31. The topological polar surface area (TPSA) is 94.8 Å². The van der Waals surface area contributed by atoms with E-state index < -0.39 is 0 Å². The molecule has 0 saturated heterocycles. The molecule has 2 aromatic heterocycles. The summed E-state index contributed by atoms with van der Waals surface area (Å²) in [5.74, 6) is 0.407. The predicted molar refractivity (Wildman–Crippen MR) is 58.1 cm³/mol. The van der Waals surface area contributed by atoms with Gasteiger partial charge in [0.15, 0.2) is 0 Å². The first kappa shape index (κ1) is 10.6. The maximum absolute atomic E-state index is 5.38. The Balaban J connectivity index is 2.19.